The van der Waals surface area contributed by atoms with Crippen molar-refractivity contribution in [1.82, 2.24) is 4.98 Å². The van der Waals surface area contributed by atoms with Crippen molar-refractivity contribution in [2.75, 3.05) is 11.9 Å². The Kier molecular flexibility index (Phi) is 4.73. The molecule has 0 atom stereocenters. The molecule has 3 nitrogen and oxygen atoms in total. The Hall–Kier alpha value is -1.39. The van der Waals surface area contributed by atoms with Gasteiger partial charge in [-0.15, -0.1) is 11.3 Å². The maximum atomic E-state index is 8.85. The van der Waals surface area contributed by atoms with Crippen LogP contribution >= 0.6 is 11.3 Å². The molecule has 1 aromatic carbocycles. The molecule has 1 heterocycles. The molecule has 96 valence electrons. The Morgan fingerprint density at radius 1 is 1.28 bits per heavy atom. The van der Waals surface area contributed by atoms with Gasteiger partial charge in [0.05, 0.1) is 11.6 Å². The second-order valence-corrected chi connectivity index (χ2v) is 5.30. The summed E-state index contributed by atoms with van der Waals surface area (Å²) in [5.41, 5.74) is 2.26. The van der Waals surface area contributed by atoms with E-state index in [2.05, 4.69) is 17.2 Å². The number of thiazole rings is 1. The van der Waals surface area contributed by atoms with E-state index < -0.39 is 0 Å². The summed E-state index contributed by atoms with van der Waals surface area (Å²) in [6.45, 7) is 3.14. The number of nitrogens with one attached hydrogen (secondary N) is 1. The zero-order chi connectivity index (χ0) is 12.8. The molecule has 18 heavy (non-hydrogen) atoms. The number of hydrogen-bond donors (Lipinski definition) is 2. The van der Waals surface area contributed by atoms with Crippen LogP contribution in [0.15, 0.2) is 30.5 Å². The van der Waals surface area contributed by atoms with E-state index in [1.54, 1.807) is 11.3 Å². The van der Waals surface area contributed by atoms with Crippen molar-refractivity contribution in [3.05, 3.63) is 45.9 Å². The molecule has 0 bridgehead atoms. The summed E-state index contributed by atoms with van der Waals surface area (Å²) >= 11 is 1.76. The molecule has 0 amide bonds. The Morgan fingerprint density at radius 3 is 2.67 bits per heavy atom. The Morgan fingerprint density at radius 2 is 2.06 bits per heavy atom. The molecule has 2 aromatic rings. The summed E-state index contributed by atoms with van der Waals surface area (Å²) in [6.07, 6.45) is 3.66. The quantitative estimate of drug-likeness (QED) is 0.841. The molecular weight excluding hydrogens is 244 g/mol. The lowest BCUT2D eigenvalue weighted by Crippen LogP contribution is -1.98. The molecule has 0 saturated carbocycles. The van der Waals surface area contributed by atoms with E-state index in [-0.39, 0.29) is 6.61 Å². The lowest BCUT2D eigenvalue weighted by Gasteiger charge is -2.05. The van der Waals surface area contributed by atoms with Gasteiger partial charge in [0.1, 0.15) is 0 Å². The van der Waals surface area contributed by atoms with Crippen molar-refractivity contribution in [2.24, 2.45) is 0 Å². The van der Waals surface area contributed by atoms with E-state index >= 15 is 0 Å². The molecule has 1 aromatic heterocycles. The first-order chi connectivity index (χ1) is 8.81. The third-order valence-electron chi connectivity index (χ3n) is 2.73. The average molecular weight is 262 g/mol. The first-order valence-corrected chi connectivity index (χ1v) is 7.00. The minimum Gasteiger partial charge on any atom is -0.396 e. The van der Waals surface area contributed by atoms with Gasteiger partial charge < -0.3 is 10.4 Å². The van der Waals surface area contributed by atoms with Crippen molar-refractivity contribution < 1.29 is 5.11 Å². The largest absolute Gasteiger partial charge is 0.396 e. The second kappa shape index (κ2) is 6.52. The number of rotatable bonds is 6. The smallest absolute Gasteiger partial charge is 0.0925 e. The normalized spacial score (nSPS) is 10.6. The molecular formula is C14H18N2OS. The molecule has 0 aliphatic heterocycles. The number of aromatic nitrogens is 1. The van der Waals surface area contributed by atoms with Gasteiger partial charge in [-0.3, -0.25) is 0 Å². The van der Waals surface area contributed by atoms with E-state index in [1.807, 2.05) is 30.5 Å². The first-order valence-electron chi connectivity index (χ1n) is 6.19. The van der Waals surface area contributed by atoms with Gasteiger partial charge in [0.15, 0.2) is 0 Å². The van der Waals surface area contributed by atoms with E-state index in [1.165, 1.54) is 9.88 Å². The fourth-order valence-electron chi connectivity index (χ4n) is 1.70. The molecule has 0 fully saturated rings. The van der Waals surface area contributed by atoms with Crippen molar-refractivity contribution in [3.63, 3.8) is 0 Å². The summed E-state index contributed by atoms with van der Waals surface area (Å²) in [7, 11) is 0. The van der Waals surface area contributed by atoms with Crippen LogP contribution in [0.2, 0.25) is 0 Å². The van der Waals surface area contributed by atoms with Crippen LogP contribution in [0.25, 0.3) is 0 Å². The summed E-state index contributed by atoms with van der Waals surface area (Å²) in [5, 5.41) is 13.4. The van der Waals surface area contributed by atoms with Gasteiger partial charge in [-0.2, -0.15) is 0 Å². The standard InChI is InChI=1S/C14H18N2OS/c1-2-14-16-10-13(18-14)9-15-12-5-3-11(4-6-12)7-8-17/h3-6,10,15,17H,2,7-9H2,1H3. The molecule has 2 rings (SSSR count). The van der Waals surface area contributed by atoms with Crippen molar-refractivity contribution in [3.8, 4) is 0 Å². The van der Waals surface area contributed by atoms with Crippen LogP contribution in [0.3, 0.4) is 0 Å². The Labute approximate surface area is 112 Å². The van der Waals surface area contributed by atoms with Crippen LogP contribution in [-0.4, -0.2) is 16.7 Å². The highest BCUT2D eigenvalue weighted by atomic mass is 32.1. The number of hydrogen-bond acceptors (Lipinski definition) is 4. The zero-order valence-electron chi connectivity index (χ0n) is 10.5. The van der Waals surface area contributed by atoms with E-state index in [0.29, 0.717) is 0 Å². The monoisotopic (exact) mass is 262 g/mol. The predicted molar refractivity (Wildman–Crippen MR) is 76.1 cm³/mol. The van der Waals surface area contributed by atoms with Crippen LogP contribution in [0, 0.1) is 0 Å². The highest BCUT2D eigenvalue weighted by Gasteiger charge is 2.00. The van der Waals surface area contributed by atoms with Crippen molar-refractivity contribution in [1.29, 1.82) is 0 Å². The van der Waals surface area contributed by atoms with Gasteiger partial charge in [0.2, 0.25) is 0 Å². The minimum absolute atomic E-state index is 0.202. The van der Waals surface area contributed by atoms with Gasteiger partial charge >= 0.3 is 0 Å². The topological polar surface area (TPSA) is 45.2 Å². The summed E-state index contributed by atoms with van der Waals surface area (Å²) < 4.78 is 0. The number of aliphatic hydroxyl groups excluding tert-OH is 1. The molecule has 0 unspecified atom stereocenters. The number of aryl methyl sites for hydroxylation is 1. The molecule has 0 aliphatic rings. The third-order valence-corrected chi connectivity index (χ3v) is 3.87. The van der Waals surface area contributed by atoms with Gasteiger partial charge in [-0.25, -0.2) is 4.98 Å². The van der Waals surface area contributed by atoms with Crippen LogP contribution in [0.5, 0.6) is 0 Å². The van der Waals surface area contributed by atoms with Gasteiger partial charge in [-0.1, -0.05) is 19.1 Å². The summed E-state index contributed by atoms with van der Waals surface area (Å²) in [6, 6.07) is 8.19. The minimum atomic E-state index is 0.202. The van der Waals surface area contributed by atoms with Gasteiger partial charge in [0, 0.05) is 23.4 Å². The second-order valence-electron chi connectivity index (χ2n) is 4.10. The molecule has 0 saturated heterocycles. The first kappa shape index (κ1) is 13.1. The number of benzene rings is 1. The van der Waals surface area contributed by atoms with Crippen molar-refractivity contribution >= 4 is 17.0 Å². The van der Waals surface area contributed by atoms with Gasteiger partial charge in [0.25, 0.3) is 0 Å². The maximum Gasteiger partial charge on any atom is 0.0925 e. The lowest BCUT2D eigenvalue weighted by atomic mass is 10.1. The molecule has 2 N–H and O–H groups in total. The maximum absolute atomic E-state index is 8.85. The summed E-state index contributed by atoms with van der Waals surface area (Å²) in [5.74, 6) is 0. The molecule has 0 spiro atoms. The number of anilines is 1. The average Bonchev–Trinajstić information content (AvgIpc) is 2.86. The number of aliphatic hydroxyl groups is 1. The Bertz CT molecular complexity index is 479. The van der Waals surface area contributed by atoms with Crippen LogP contribution < -0.4 is 5.32 Å². The lowest BCUT2D eigenvalue weighted by molar-refractivity contribution is 0.299. The van der Waals surface area contributed by atoms with Gasteiger partial charge in [-0.05, 0) is 30.5 Å². The van der Waals surface area contributed by atoms with E-state index in [0.717, 1.165) is 30.6 Å². The van der Waals surface area contributed by atoms with Crippen LogP contribution in [-0.2, 0) is 19.4 Å². The highest BCUT2D eigenvalue weighted by molar-refractivity contribution is 7.11. The predicted octanol–water partition coefficient (Wildman–Crippen LogP) is 2.85. The Balaban J connectivity index is 1.89. The number of nitrogens with zero attached hydrogens (tertiary/aromatic N) is 1. The highest BCUT2D eigenvalue weighted by Crippen LogP contribution is 2.16. The zero-order valence-corrected chi connectivity index (χ0v) is 11.3. The fourth-order valence-corrected chi connectivity index (χ4v) is 2.50. The fraction of sp³-hybridized carbons (Fsp3) is 0.357. The third kappa shape index (κ3) is 3.55. The van der Waals surface area contributed by atoms with E-state index in [4.69, 9.17) is 5.11 Å². The summed E-state index contributed by atoms with van der Waals surface area (Å²) in [4.78, 5) is 5.59. The molecule has 4 heteroatoms. The van der Waals surface area contributed by atoms with E-state index in [9.17, 15) is 0 Å². The molecule has 0 aliphatic carbocycles. The van der Waals surface area contributed by atoms with Crippen LogP contribution in [0.1, 0.15) is 22.4 Å². The molecule has 0 radical (unpaired) electrons. The van der Waals surface area contributed by atoms with Crippen LogP contribution in [0.4, 0.5) is 5.69 Å². The SMILES string of the molecule is CCc1ncc(CNc2ccc(CCO)cc2)s1. The van der Waals surface area contributed by atoms with Crippen molar-refractivity contribution in [2.45, 2.75) is 26.3 Å².